The lowest BCUT2D eigenvalue weighted by Gasteiger charge is -2.08. The summed E-state index contributed by atoms with van der Waals surface area (Å²) in [5, 5.41) is 5.49. The summed E-state index contributed by atoms with van der Waals surface area (Å²) in [5.41, 5.74) is 0.689. The summed E-state index contributed by atoms with van der Waals surface area (Å²) >= 11 is 0. The molecule has 0 saturated heterocycles. The van der Waals surface area contributed by atoms with Gasteiger partial charge >= 0.3 is 0 Å². The number of hydrogen-bond donors (Lipinski definition) is 2. The summed E-state index contributed by atoms with van der Waals surface area (Å²) in [7, 11) is 0. The molecule has 0 aromatic heterocycles. The smallest absolute Gasteiger partial charge is 0.108 e. The maximum Gasteiger partial charge on any atom is 0.108 e. The second-order valence-electron chi connectivity index (χ2n) is 1.46. The van der Waals surface area contributed by atoms with Crippen LogP contribution in [0.2, 0.25) is 0 Å². The number of hydrogen-bond acceptors (Lipinski definition) is 2. The summed E-state index contributed by atoms with van der Waals surface area (Å²) in [6.45, 7) is 7.16. The molecule has 0 fully saturated rings. The molecule has 0 radical (unpaired) electrons. The number of rotatable bonds is 0. The van der Waals surface area contributed by atoms with E-state index in [1.54, 1.807) is 0 Å². The van der Waals surface area contributed by atoms with Crippen molar-refractivity contribution in [2.75, 3.05) is 0 Å². The topological polar surface area (TPSA) is 24.1 Å². The Kier molecular flexibility index (Phi) is 0.974. The van der Waals surface area contributed by atoms with Crippen LogP contribution in [0.1, 0.15) is 0 Å². The van der Waals surface area contributed by atoms with E-state index in [2.05, 4.69) is 35.8 Å². The second kappa shape index (κ2) is 1.63. The van der Waals surface area contributed by atoms with E-state index in [0.29, 0.717) is 11.5 Å². The van der Waals surface area contributed by atoms with Crippen LogP contribution >= 0.6 is 0 Å². The average Bonchev–Trinajstić information content (AvgIpc) is 1.64. The maximum absolute atomic E-state index is 3.58. The first-order chi connectivity index (χ1) is 3.79. The lowest BCUT2D eigenvalue weighted by Crippen LogP contribution is -2.24. The molecule has 0 aromatic carbocycles. The summed E-state index contributed by atoms with van der Waals surface area (Å²) < 4.78 is 0. The van der Waals surface area contributed by atoms with E-state index in [1.165, 1.54) is 0 Å². The summed E-state index contributed by atoms with van der Waals surface area (Å²) in [4.78, 5) is 0. The van der Waals surface area contributed by atoms with Crippen LogP contribution in [0.15, 0.2) is 24.7 Å². The summed E-state index contributed by atoms with van der Waals surface area (Å²) in [5.74, 6) is 3.37. The Morgan fingerprint density at radius 2 is 2.12 bits per heavy atom. The molecule has 1 aliphatic heterocycles. The Hall–Kier alpha value is -1.36. The highest BCUT2D eigenvalue weighted by molar-refractivity contribution is 5.31. The van der Waals surface area contributed by atoms with Crippen molar-refractivity contribution in [1.29, 1.82) is 0 Å². The lowest BCUT2D eigenvalue weighted by molar-refractivity contribution is 0.897. The van der Waals surface area contributed by atoms with Crippen LogP contribution in [0.3, 0.4) is 0 Å². The van der Waals surface area contributed by atoms with Gasteiger partial charge in [0.25, 0.3) is 0 Å². The van der Waals surface area contributed by atoms with E-state index in [0.717, 1.165) is 0 Å². The Bertz CT molecular complexity index is 192. The molecule has 0 unspecified atom stereocenters. The van der Waals surface area contributed by atoms with Crippen LogP contribution in [0.25, 0.3) is 0 Å². The molecule has 0 amide bonds. The third-order valence-electron chi connectivity index (χ3n) is 0.729. The van der Waals surface area contributed by atoms with Gasteiger partial charge in [0.1, 0.15) is 5.82 Å². The maximum atomic E-state index is 3.58. The molecule has 1 heterocycles. The van der Waals surface area contributed by atoms with Crippen LogP contribution in [0.4, 0.5) is 0 Å². The molecule has 0 aromatic rings. The third-order valence-corrected chi connectivity index (χ3v) is 0.729. The van der Waals surface area contributed by atoms with Crippen molar-refractivity contribution in [3.63, 3.8) is 0 Å². The van der Waals surface area contributed by atoms with Gasteiger partial charge in [0.2, 0.25) is 0 Å². The van der Waals surface area contributed by atoms with Crippen molar-refractivity contribution in [1.82, 2.24) is 10.6 Å². The van der Waals surface area contributed by atoms with E-state index in [9.17, 15) is 0 Å². The minimum atomic E-state index is 0.689. The quantitative estimate of drug-likeness (QED) is 0.429. The van der Waals surface area contributed by atoms with Crippen molar-refractivity contribution >= 4 is 0 Å². The highest BCUT2D eigenvalue weighted by Gasteiger charge is 1.93. The lowest BCUT2D eigenvalue weighted by atomic mass is 10.4. The fraction of sp³-hybridized carbons (Fsp3) is 0. The molecule has 2 heteroatoms. The van der Waals surface area contributed by atoms with E-state index < -0.39 is 0 Å². The molecule has 0 atom stereocenters. The average molecular weight is 106 g/mol. The van der Waals surface area contributed by atoms with Gasteiger partial charge in [-0.05, 0) is 5.92 Å². The van der Waals surface area contributed by atoms with Crippen LogP contribution in [-0.4, -0.2) is 0 Å². The predicted molar refractivity (Wildman–Crippen MR) is 32.3 cm³/mol. The van der Waals surface area contributed by atoms with Gasteiger partial charge in [-0.1, -0.05) is 13.2 Å². The SMILES string of the molecule is C=C1C#CNC(=C)N1. The molecule has 0 spiro atoms. The molecule has 2 N–H and O–H groups in total. The van der Waals surface area contributed by atoms with Gasteiger partial charge in [-0.15, -0.1) is 0 Å². The van der Waals surface area contributed by atoms with Crippen LogP contribution in [-0.2, 0) is 0 Å². The highest BCUT2D eigenvalue weighted by atomic mass is 15.1. The van der Waals surface area contributed by atoms with Crippen LogP contribution in [0.5, 0.6) is 0 Å². The van der Waals surface area contributed by atoms with E-state index in [-0.39, 0.29) is 0 Å². The second-order valence-corrected chi connectivity index (χ2v) is 1.46. The Morgan fingerprint density at radius 3 is 2.50 bits per heavy atom. The molecular weight excluding hydrogens is 100 g/mol. The molecule has 2 nitrogen and oxygen atoms in total. The fourth-order valence-corrected chi connectivity index (χ4v) is 0.427. The first kappa shape index (κ1) is 4.79. The predicted octanol–water partition coefficient (Wildman–Crippen LogP) is 0.125. The van der Waals surface area contributed by atoms with E-state index in [4.69, 9.17) is 0 Å². The van der Waals surface area contributed by atoms with Gasteiger partial charge in [0.05, 0.1) is 5.70 Å². The molecule has 8 heavy (non-hydrogen) atoms. The zero-order chi connectivity index (χ0) is 5.98. The summed E-state index contributed by atoms with van der Waals surface area (Å²) in [6.07, 6.45) is 0. The Labute approximate surface area is 48.3 Å². The highest BCUT2D eigenvalue weighted by Crippen LogP contribution is 1.88. The van der Waals surface area contributed by atoms with Crippen molar-refractivity contribution < 1.29 is 0 Å². The van der Waals surface area contributed by atoms with Gasteiger partial charge in [0, 0.05) is 6.04 Å². The van der Waals surface area contributed by atoms with Gasteiger partial charge in [-0.2, -0.15) is 0 Å². The Morgan fingerprint density at radius 1 is 1.38 bits per heavy atom. The van der Waals surface area contributed by atoms with Gasteiger partial charge < -0.3 is 10.6 Å². The summed E-state index contributed by atoms with van der Waals surface area (Å²) in [6, 6.07) is 2.62. The standard InChI is InChI=1S/C6H6N2/c1-5-3-4-7-6(2)8-5/h7-8H,1-2H2. The number of nitrogens with one attached hydrogen (secondary N) is 2. The van der Waals surface area contributed by atoms with Gasteiger partial charge in [-0.25, -0.2) is 0 Å². The van der Waals surface area contributed by atoms with Crippen LogP contribution in [0, 0.1) is 12.0 Å². The zero-order valence-electron chi connectivity index (χ0n) is 4.41. The molecule has 0 aliphatic carbocycles. The van der Waals surface area contributed by atoms with E-state index >= 15 is 0 Å². The molecule has 1 aliphatic rings. The van der Waals surface area contributed by atoms with Crippen molar-refractivity contribution in [2.45, 2.75) is 0 Å². The molecule has 0 saturated carbocycles. The molecular formula is C6H6N2. The van der Waals surface area contributed by atoms with Crippen LogP contribution < -0.4 is 10.6 Å². The monoisotopic (exact) mass is 106 g/mol. The minimum absolute atomic E-state index is 0.689. The van der Waals surface area contributed by atoms with Crippen molar-refractivity contribution in [3.05, 3.63) is 24.7 Å². The minimum Gasteiger partial charge on any atom is -0.335 e. The first-order valence-electron chi connectivity index (χ1n) is 2.21. The van der Waals surface area contributed by atoms with Gasteiger partial charge in [0.15, 0.2) is 0 Å². The molecule has 0 bridgehead atoms. The number of allylic oxidation sites excluding steroid dienone is 1. The van der Waals surface area contributed by atoms with Crippen molar-refractivity contribution in [3.8, 4) is 12.0 Å². The van der Waals surface area contributed by atoms with Gasteiger partial charge in [-0.3, -0.25) is 0 Å². The largest absolute Gasteiger partial charge is 0.335 e. The normalized spacial score (nSPS) is 15.5. The fourth-order valence-electron chi connectivity index (χ4n) is 0.427. The zero-order valence-corrected chi connectivity index (χ0v) is 4.41. The third kappa shape index (κ3) is 0.824. The van der Waals surface area contributed by atoms with E-state index in [1.807, 2.05) is 0 Å². The van der Waals surface area contributed by atoms with Crippen molar-refractivity contribution in [2.24, 2.45) is 0 Å². The molecule has 40 valence electrons. The first-order valence-corrected chi connectivity index (χ1v) is 2.21. The Balaban J connectivity index is 2.76. The molecule has 1 rings (SSSR count).